The number of carboxylic acid groups (broad SMARTS) is 1. The molecular formula is C15H14N4O5S2. The van der Waals surface area contributed by atoms with Crippen LogP contribution in [0.5, 0.6) is 0 Å². The van der Waals surface area contributed by atoms with Crippen LogP contribution in [0.4, 0.5) is 5.13 Å². The summed E-state index contributed by atoms with van der Waals surface area (Å²) in [5.74, 6) is -1.28. The lowest BCUT2D eigenvalue weighted by atomic mass is 10.0. The molecule has 3 aliphatic rings. The van der Waals surface area contributed by atoms with Crippen LogP contribution in [-0.4, -0.2) is 62.6 Å². The lowest BCUT2D eigenvalue weighted by Crippen LogP contribution is -2.70. The lowest BCUT2D eigenvalue weighted by Gasteiger charge is -2.43. The molecule has 9 nitrogen and oxygen atoms in total. The number of carbonyl (C=O) groups is 3. The van der Waals surface area contributed by atoms with Gasteiger partial charge in [0.05, 0.1) is 5.69 Å². The molecule has 1 aromatic rings. The highest BCUT2D eigenvalue weighted by atomic mass is 32.2. The molecule has 3 atom stereocenters. The van der Waals surface area contributed by atoms with E-state index in [1.165, 1.54) is 28.0 Å². The van der Waals surface area contributed by atoms with Crippen molar-refractivity contribution in [1.29, 1.82) is 0 Å². The normalized spacial score (nSPS) is 28.4. The zero-order chi connectivity index (χ0) is 18.4. The van der Waals surface area contributed by atoms with E-state index >= 15 is 0 Å². The fourth-order valence-electron chi connectivity index (χ4n) is 3.05. The van der Waals surface area contributed by atoms with E-state index in [4.69, 9.17) is 15.6 Å². The maximum absolute atomic E-state index is 12.8. The molecular weight excluding hydrogens is 380 g/mol. The van der Waals surface area contributed by atoms with Crippen molar-refractivity contribution < 1.29 is 24.2 Å². The summed E-state index contributed by atoms with van der Waals surface area (Å²) in [6.07, 6.45) is 3.43. The zero-order valence-corrected chi connectivity index (χ0v) is 14.9. The number of thiazole rings is 1. The summed E-state index contributed by atoms with van der Waals surface area (Å²) >= 11 is 2.54. The van der Waals surface area contributed by atoms with Gasteiger partial charge in [-0.1, -0.05) is 0 Å². The van der Waals surface area contributed by atoms with Gasteiger partial charge in [0.1, 0.15) is 35.4 Å². The first-order chi connectivity index (χ1) is 12.5. The molecule has 2 amide bonds. The minimum atomic E-state index is -1.04. The standard InChI is InChI=1S/C15H14N4O5S2/c16-15-17-6(4-26-15)9(8-2-1-3-24-8)11(20)18-10-12(21)19-7(14(22)23)5-25-13(10)19/h1-2,4,7,10,13H,3,5H2,(H2,16,17)(H,18,20)(H,22,23)/b9-8+/t7?,10?,13-/m0/s1. The second kappa shape index (κ2) is 6.32. The van der Waals surface area contributed by atoms with E-state index in [9.17, 15) is 14.4 Å². The number of nitrogen functional groups attached to an aromatic ring is 1. The van der Waals surface area contributed by atoms with Gasteiger partial charge in [0.2, 0.25) is 5.91 Å². The van der Waals surface area contributed by atoms with E-state index in [1.54, 1.807) is 17.5 Å². The maximum Gasteiger partial charge on any atom is 0.327 e. The van der Waals surface area contributed by atoms with Crippen molar-refractivity contribution in [2.75, 3.05) is 18.1 Å². The van der Waals surface area contributed by atoms with Crippen molar-refractivity contribution in [3.05, 3.63) is 29.0 Å². The van der Waals surface area contributed by atoms with Gasteiger partial charge in [0.25, 0.3) is 5.91 Å². The van der Waals surface area contributed by atoms with Crippen molar-refractivity contribution in [3.63, 3.8) is 0 Å². The molecule has 26 heavy (non-hydrogen) atoms. The molecule has 3 aliphatic heterocycles. The van der Waals surface area contributed by atoms with E-state index in [-0.39, 0.29) is 10.9 Å². The number of ether oxygens (including phenoxy) is 1. The SMILES string of the molecule is Nc1nc(/C(C(=O)NC2C(=O)N3C(C(=O)O)CS[C@@H]23)=C2/C=CCO2)cs1. The van der Waals surface area contributed by atoms with Gasteiger partial charge < -0.3 is 25.8 Å². The highest BCUT2D eigenvalue weighted by Gasteiger charge is 2.57. The second-order valence-corrected chi connectivity index (χ2v) is 7.84. The molecule has 0 bridgehead atoms. The van der Waals surface area contributed by atoms with Gasteiger partial charge in [-0.15, -0.1) is 23.1 Å². The Morgan fingerprint density at radius 3 is 2.88 bits per heavy atom. The Balaban J connectivity index is 1.56. The smallest absolute Gasteiger partial charge is 0.327 e. The minimum absolute atomic E-state index is 0.204. The number of β-lactam (4-membered cyclic amide) rings is 1. The number of nitrogens with zero attached hydrogens (tertiary/aromatic N) is 2. The molecule has 4 heterocycles. The number of thioether (sulfide) groups is 1. The Hall–Kier alpha value is -2.53. The zero-order valence-electron chi connectivity index (χ0n) is 13.2. The van der Waals surface area contributed by atoms with Gasteiger partial charge >= 0.3 is 5.97 Å². The van der Waals surface area contributed by atoms with Gasteiger partial charge in [0, 0.05) is 11.1 Å². The number of hydrogen-bond acceptors (Lipinski definition) is 8. The number of aliphatic carboxylic acids is 1. The number of allylic oxidation sites excluding steroid dienone is 1. The summed E-state index contributed by atoms with van der Waals surface area (Å²) < 4.78 is 5.45. The molecule has 0 aromatic carbocycles. The molecule has 2 saturated heterocycles. The molecule has 2 fully saturated rings. The van der Waals surface area contributed by atoms with Crippen LogP contribution < -0.4 is 11.1 Å². The quantitative estimate of drug-likeness (QED) is 0.475. The van der Waals surface area contributed by atoms with Crippen LogP contribution in [0.25, 0.3) is 5.57 Å². The highest BCUT2D eigenvalue weighted by Crippen LogP contribution is 2.40. The second-order valence-electron chi connectivity index (χ2n) is 5.80. The summed E-state index contributed by atoms with van der Waals surface area (Å²) in [5.41, 5.74) is 6.24. The summed E-state index contributed by atoms with van der Waals surface area (Å²) in [6, 6.07) is -1.61. The Labute approximate surface area is 155 Å². The van der Waals surface area contributed by atoms with Crippen LogP contribution in [0.3, 0.4) is 0 Å². The molecule has 4 N–H and O–H groups in total. The van der Waals surface area contributed by atoms with Gasteiger partial charge in [0.15, 0.2) is 5.13 Å². The number of rotatable bonds is 4. The molecule has 0 spiro atoms. The average Bonchev–Trinajstić information content (AvgIpc) is 3.32. The van der Waals surface area contributed by atoms with Crippen LogP contribution in [0, 0.1) is 0 Å². The fraction of sp³-hybridized carbons (Fsp3) is 0.333. The molecule has 2 unspecified atom stereocenters. The Morgan fingerprint density at radius 2 is 2.27 bits per heavy atom. The molecule has 0 aliphatic carbocycles. The third-order valence-corrected chi connectivity index (χ3v) is 6.29. The van der Waals surface area contributed by atoms with E-state index in [1.807, 2.05) is 0 Å². The molecule has 136 valence electrons. The van der Waals surface area contributed by atoms with Crippen LogP contribution >= 0.6 is 23.1 Å². The van der Waals surface area contributed by atoms with E-state index in [0.717, 1.165) is 0 Å². The first-order valence-corrected chi connectivity index (χ1v) is 9.62. The molecule has 1 aromatic heterocycles. The summed E-state index contributed by atoms with van der Waals surface area (Å²) in [7, 11) is 0. The van der Waals surface area contributed by atoms with Crippen molar-refractivity contribution in [1.82, 2.24) is 15.2 Å². The van der Waals surface area contributed by atoms with Crippen LogP contribution in [-0.2, 0) is 19.1 Å². The summed E-state index contributed by atoms with van der Waals surface area (Å²) in [4.78, 5) is 41.8. The van der Waals surface area contributed by atoms with Crippen molar-refractivity contribution in [3.8, 4) is 0 Å². The van der Waals surface area contributed by atoms with Crippen LogP contribution in [0.1, 0.15) is 5.69 Å². The average molecular weight is 394 g/mol. The third-order valence-electron chi connectivity index (χ3n) is 4.27. The number of nitrogens with two attached hydrogens (primary N) is 1. The Morgan fingerprint density at radius 1 is 1.46 bits per heavy atom. The summed E-state index contributed by atoms with van der Waals surface area (Å²) in [6.45, 7) is 0.348. The Kier molecular flexibility index (Phi) is 4.11. The predicted octanol–water partition coefficient (Wildman–Crippen LogP) is -0.124. The number of fused-ring (bicyclic) bond motifs is 1. The van der Waals surface area contributed by atoms with E-state index in [2.05, 4.69) is 10.3 Å². The van der Waals surface area contributed by atoms with Crippen LogP contribution in [0.15, 0.2) is 23.3 Å². The predicted molar refractivity (Wildman–Crippen MR) is 95.0 cm³/mol. The lowest BCUT2D eigenvalue weighted by molar-refractivity contribution is -0.158. The number of hydrogen-bond donors (Lipinski definition) is 3. The number of aromatic nitrogens is 1. The minimum Gasteiger partial charge on any atom is -0.489 e. The third kappa shape index (κ3) is 2.63. The number of anilines is 1. The first-order valence-electron chi connectivity index (χ1n) is 7.70. The number of carboxylic acids is 1. The number of amides is 2. The maximum atomic E-state index is 12.8. The highest BCUT2D eigenvalue weighted by molar-refractivity contribution is 8.00. The monoisotopic (exact) mass is 394 g/mol. The molecule has 11 heteroatoms. The van der Waals surface area contributed by atoms with Crippen molar-refractivity contribution in [2.24, 2.45) is 0 Å². The van der Waals surface area contributed by atoms with Gasteiger partial charge in [-0.25, -0.2) is 9.78 Å². The fourth-order valence-corrected chi connectivity index (χ4v) is 5.08. The number of nitrogens with one attached hydrogen (secondary N) is 1. The number of carbonyl (C=O) groups excluding carboxylic acids is 2. The molecule has 4 rings (SSSR count). The van der Waals surface area contributed by atoms with E-state index in [0.29, 0.717) is 28.9 Å². The topological polar surface area (TPSA) is 135 Å². The molecule has 0 radical (unpaired) electrons. The summed E-state index contributed by atoms with van der Waals surface area (Å²) in [5, 5.41) is 13.4. The van der Waals surface area contributed by atoms with E-state index < -0.39 is 29.9 Å². The Bertz CT molecular complexity index is 864. The van der Waals surface area contributed by atoms with Crippen molar-refractivity contribution >= 4 is 51.6 Å². The van der Waals surface area contributed by atoms with Gasteiger partial charge in [-0.3, -0.25) is 9.59 Å². The largest absolute Gasteiger partial charge is 0.489 e. The first kappa shape index (κ1) is 16.9. The van der Waals surface area contributed by atoms with Gasteiger partial charge in [-0.2, -0.15) is 0 Å². The van der Waals surface area contributed by atoms with Crippen molar-refractivity contribution in [2.45, 2.75) is 17.5 Å². The van der Waals surface area contributed by atoms with Gasteiger partial charge in [-0.05, 0) is 12.2 Å². The van der Waals surface area contributed by atoms with Crippen LogP contribution in [0.2, 0.25) is 0 Å². The molecule has 0 saturated carbocycles.